The van der Waals surface area contributed by atoms with E-state index >= 15 is 0 Å². The maximum absolute atomic E-state index is 13.1. The first-order valence-corrected chi connectivity index (χ1v) is 10.8. The number of nitrogens with two attached hydrogens (primary N) is 1. The van der Waals surface area contributed by atoms with Gasteiger partial charge in [0.05, 0.1) is 0 Å². The van der Waals surface area contributed by atoms with Gasteiger partial charge in [0, 0.05) is 10.9 Å². The number of nitrogens with zero attached hydrogens (tertiary/aromatic N) is 1. The molecule has 2 amide bonds. The molecular formula is C21H23N3O4S. The van der Waals surface area contributed by atoms with Crippen LogP contribution in [0.15, 0.2) is 44.6 Å². The lowest BCUT2D eigenvalue weighted by Gasteiger charge is -2.32. The van der Waals surface area contributed by atoms with Gasteiger partial charge in [-0.3, -0.25) is 9.59 Å². The molecule has 4 aliphatic rings. The fourth-order valence-electron chi connectivity index (χ4n) is 5.52. The minimum absolute atomic E-state index is 0.108. The molecule has 0 aliphatic heterocycles. The molecule has 5 atom stereocenters. The minimum Gasteiger partial charge on any atom is -0.465 e. The Kier molecular flexibility index (Phi) is 4.73. The van der Waals surface area contributed by atoms with E-state index in [0.717, 1.165) is 16.7 Å². The average Bonchev–Trinajstić information content (AvgIpc) is 3.31. The van der Waals surface area contributed by atoms with Crippen molar-refractivity contribution < 1.29 is 18.8 Å². The third kappa shape index (κ3) is 3.50. The van der Waals surface area contributed by atoms with Gasteiger partial charge in [-0.2, -0.15) is 0 Å². The Balaban J connectivity index is 1.38. The summed E-state index contributed by atoms with van der Waals surface area (Å²) in [5.41, 5.74) is 5.18. The van der Waals surface area contributed by atoms with E-state index in [-0.39, 0.29) is 30.2 Å². The van der Waals surface area contributed by atoms with E-state index in [1.807, 2.05) is 30.3 Å². The Bertz CT molecular complexity index is 927. The highest BCUT2D eigenvalue weighted by atomic mass is 32.2. The summed E-state index contributed by atoms with van der Waals surface area (Å²) < 4.78 is 10.8. The molecule has 7 nitrogen and oxygen atoms in total. The molecule has 5 unspecified atom stereocenters. The molecular weight excluding hydrogens is 390 g/mol. The molecule has 4 bridgehead atoms. The van der Waals surface area contributed by atoms with Crippen LogP contribution in [0.25, 0.3) is 0 Å². The summed E-state index contributed by atoms with van der Waals surface area (Å²) in [6.45, 7) is -0.328. The zero-order valence-electron chi connectivity index (χ0n) is 15.9. The zero-order valence-corrected chi connectivity index (χ0v) is 16.7. The fraction of sp³-hybridized carbons (Fsp3) is 0.476. The highest BCUT2D eigenvalue weighted by Crippen LogP contribution is 2.58. The average molecular weight is 413 g/mol. The standard InChI is InChI=1S/C21H23N3O4S/c22-16(25)10-27-21-19(29-14-4-2-1-3-5-14)18(28-24-21)20(26)23-17-13-7-11-6-12(9-13)15(17)8-11/h1-5,11-13,15,17H,6-10H2,(H2,22,25)(H,23,26). The fourth-order valence-corrected chi connectivity index (χ4v) is 6.45. The van der Waals surface area contributed by atoms with E-state index in [4.69, 9.17) is 15.0 Å². The Hall–Kier alpha value is -2.48. The molecule has 4 aliphatic carbocycles. The van der Waals surface area contributed by atoms with Crippen LogP contribution in [0.4, 0.5) is 0 Å². The Labute approximate surface area is 172 Å². The van der Waals surface area contributed by atoms with Crippen LogP contribution >= 0.6 is 11.8 Å². The van der Waals surface area contributed by atoms with Gasteiger partial charge in [0.2, 0.25) is 5.76 Å². The number of hydrogen-bond donors (Lipinski definition) is 2. The third-order valence-corrected chi connectivity index (χ3v) is 7.57. The lowest BCUT2D eigenvalue weighted by atomic mass is 9.79. The van der Waals surface area contributed by atoms with E-state index in [1.54, 1.807) is 0 Å². The van der Waals surface area contributed by atoms with Crippen molar-refractivity contribution in [3.8, 4) is 5.88 Å². The van der Waals surface area contributed by atoms with Crippen molar-refractivity contribution in [1.82, 2.24) is 10.5 Å². The van der Waals surface area contributed by atoms with Crippen LogP contribution in [0.3, 0.4) is 0 Å². The van der Waals surface area contributed by atoms with Crippen LogP contribution in [-0.2, 0) is 4.79 Å². The summed E-state index contributed by atoms with van der Waals surface area (Å²) >= 11 is 1.32. The van der Waals surface area contributed by atoms with Crippen molar-refractivity contribution in [2.75, 3.05) is 6.61 Å². The van der Waals surface area contributed by atoms with E-state index in [2.05, 4.69) is 10.5 Å². The van der Waals surface area contributed by atoms with Gasteiger partial charge in [-0.25, -0.2) is 0 Å². The molecule has 3 N–H and O–H groups in total. The molecule has 2 aromatic rings. The van der Waals surface area contributed by atoms with Crippen LogP contribution in [0, 0.1) is 23.7 Å². The number of aromatic nitrogens is 1. The number of carbonyl (C=O) groups excluding carboxylic acids is 2. The summed E-state index contributed by atoms with van der Waals surface area (Å²) in [5.74, 6) is 2.10. The molecule has 29 heavy (non-hydrogen) atoms. The molecule has 8 heteroatoms. The van der Waals surface area contributed by atoms with Crippen molar-refractivity contribution in [3.63, 3.8) is 0 Å². The first-order valence-electron chi connectivity index (χ1n) is 10.0. The summed E-state index contributed by atoms with van der Waals surface area (Å²) in [7, 11) is 0. The van der Waals surface area contributed by atoms with Crippen LogP contribution < -0.4 is 15.8 Å². The normalized spacial score (nSPS) is 29.2. The summed E-state index contributed by atoms with van der Waals surface area (Å²) in [5, 5.41) is 7.11. The minimum atomic E-state index is -0.618. The third-order valence-electron chi connectivity index (χ3n) is 6.50. The number of primary amides is 1. The summed E-state index contributed by atoms with van der Waals surface area (Å²) in [6, 6.07) is 9.79. The van der Waals surface area contributed by atoms with Crippen molar-refractivity contribution in [2.24, 2.45) is 29.4 Å². The van der Waals surface area contributed by atoms with Gasteiger partial charge >= 0.3 is 0 Å². The van der Waals surface area contributed by atoms with Crippen LogP contribution in [-0.4, -0.2) is 29.6 Å². The highest BCUT2D eigenvalue weighted by molar-refractivity contribution is 7.99. The number of amides is 2. The van der Waals surface area contributed by atoms with Crippen molar-refractivity contribution >= 4 is 23.6 Å². The molecule has 0 radical (unpaired) electrons. The number of ether oxygens (including phenoxy) is 1. The maximum atomic E-state index is 13.1. The second kappa shape index (κ2) is 7.40. The maximum Gasteiger partial charge on any atom is 0.291 e. The Morgan fingerprint density at radius 2 is 1.97 bits per heavy atom. The van der Waals surface area contributed by atoms with Crippen LogP contribution in [0.2, 0.25) is 0 Å². The molecule has 1 aromatic carbocycles. The number of benzene rings is 1. The van der Waals surface area contributed by atoms with E-state index < -0.39 is 5.91 Å². The molecule has 4 fully saturated rings. The highest BCUT2D eigenvalue weighted by Gasteiger charge is 2.54. The number of rotatable bonds is 7. The predicted molar refractivity (Wildman–Crippen MR) is 105 cm³/mol. The van der Waals surface area contributed by atoms with Gasteiger partial charge in [0.15, 0.2) is 6.61 Å². The van der Waals surface area contributed by atoms with Gasteiger partial charge in [0.1, 0.15) is 4.90 Å². The predicted octanol–water partition coefficient (Wildman–Crippen LogP) is 2.85. The molecule has 1 aromatic heterocycles. The van der Waals surface area contributed by atoms with Gasteiger partial charge in [-0.15, -0.1) is 0 Å². The molecule has 0 spiro atoms. The van der Waals surface area contributed by atoms with Gasteiger partial charge in [-0.1, -0.05) is 30.0 Å². The smallest absolute Gasteiger partial charge is 0.291 e. The topological polar surface area (TPSA) is 107 Å². The Morgan fingerprint density at radius 1 is 1.17 bits per heavy atom. The van der Waals surface area contributed by atoms with Crippen molar-refractivity contribution in [2.45, 2.75) is 41.5 Å². The molecule has 6 rings (SSSR count). The van der Waals surface area contributed by atoms with Crippen LogP contribution in [0.5, 0.6) is 5.88 Å². The zero-order chi connectivity index (χ0) is 20.0. The molecule has 152 valence electrons. The number of hydrogen-bond acceptors (Lipinski definition) is 6. The lowest BCUT2D eigenvalue weighted by Crippen LogP contribution is -2.44. The van der Waals surface area contributed by atoms with Crippen LogP contribution in [0.1, 0.15) is 36.2 Å². The van der Waals surface area contributed by atoms with Gasteiger partial charge < -0.3 is 20.3 Å². The van der Waals surface area contributed by atoms with Gasteiger partial charge in [-0.05, 0) is 66.6 Å². The quantitative estimate of drug-likeness (QED) is 0.723. The molecule has 0 saturated heterocycles. The second-order valence-electron chi connectivity index (χ2n) is 8.31. The number of carbonyl (C=O) groups is 2. The van der Waals surface area contributed by atoms with E-state index in [0.29, 0.717) is 16.7 Å². The first-order chi connectivity index (χ1) is 14.1. The SMILES string of the molecule is NC(=O)COc1noc(C(=O)NC2C3CC4CC(C3)C2C4)c1Sc1ccccc1. The lowest BCUT2D eigenvalue weighted by molar-refractivity contribution is -0.120. The number of nitrogens with one attached hydrogen (secondary N) is 1. The summed E-state index contributed by atoms with van der Waals surface area (Å²) in [4.78, 5) is 25.6. The first kappa shape index (κ1) is 18.5. The summed E-state index contributed by atoms with van der Waals surface area (Å²) in [6.07, 6.45) is 4.98. The molecule has 1 heterocycles. The molecule has 4 saturated carbocycles. The monoisotopic (exact) mass is 413 g/mol. The Morgan fingerprint density at radius 3 is 2.72 bits per heavy atom. The van der Waals surface area contributed by atoms with Crippen molar-refractivity contribution in [3.05, 3.63) is 36.1 Å². The van der Waals surface area contributed by atoms with E-state index in [1.165, 1.54) is 37.4 Å². The second-order valence-corrected chi connectivity index (χ2v) is 9.39. The van der Waals surface area contributed by atoms with Crippen molar-refractivity contribution in [1.29, 1.82) is 0 Å². The largest absolute Gasteiger partial charge is 0.465 e. The van der Waals surface area contributed by atoms with E-state index in [9.17, 15) is 9.59 Å². The van der Waals surface area contributed by atoms with Gasteiger partial charge in [0.25, 0.3) is 17.7 Å².